The molecule has 1 amide bonds. The van der Waals surface area contributed by atoms with Gasteiger partial charge >= 0.3 is 36.1 Å². The average Bonchev–Trinajstić information content (AvgIpc) is 3.50. The number of hydrogen-bond acceptors (Lipinski definition) is 12. The van der Waals surface area contributed by atoms with Gasteiger partial charge in [-0.05, 0) is 28.3 Å². The molecule has 0 bridgehead atoms. The van der Waals surface area contributed by atoms with Crippen LogP contribution in [0, 0.1) is 5.92 Å². The molecule has 13 nitrogen and oxygen atoms in total. The Hall–Kier alpha value is -6.03. The number of halogens is 3. The number of carbonyl (C=O) groups excluding carboxylic acids is 5. The Morgan fingerprint density at radius 2 is 1.40 bits per heavy atom. The minimum absolute atomic E-state index is 0.114. The van der Waals surface area contributed by atoms with Crippen LogP contribution in [0.3, 0.4) is 0 Å². The Morgan fingerprint density at radius 1 is 0.810 bits per heavy atom. The third-order valence-corrected chi connectivity index (χ3v) is 9.66. The van der Waals surface area contributed by atoms with Crippen LogP contribution in [0.2, 0.25) is 0 Å². The largest absolute Gasteiger partial charge is 0.463 e. The fraction of sp³-hybridized carbons (Fsp3) is 0.381. The highest BCUT2D eigenvalue weighted by Crippen LogP contribution is 2.44. The van der Waals surface area contributed by atoms with Gasteiger partial charge in [-0.25, -0.2) is 9.59 Å². The summed E-state index contributed by atoms with van der Waals surface area (Å²) in [5, 5.41) is 2.55. The maximum Gasteiger partial charge on any atom is 0.417 e. The summed E-state index contributed by atoms with van der Waals surface area (Å²) < 4.78 is 75.9. The van der Waals surface area contributed by atoms with Crippen molar-refractivity contribution in [3.05, 3.63) is 108 Å². The van der Waals surface area contributed by atoms with E-state index in [1.165, 1.54) is 25.1 Å². The lowest BCUT2D eigenvalue weighted by molar-refractivity contribution is -0.227. The summed E-state index contributed by atoms with van der Waals surface area (Å²) in [4.78, 5) is 68.7. The second-order valence-electron chi connectivity index (χ2n) is 13.7. The van der Waals surface area contributed by atoms with Gasteiger partial charge in [0, 0.05) is 44.4 Å². The number of hydrogen-bond donors (Lipinski definition) is 1. The normalized spacial score (nSPS) is 21.1. The summed E-state index contributed by atoms with van der Waals surface area (Å²) in [7, 11) is 0. The van der Waals surface area contributed by atoms with E-state index in [-0.39, 0.29) is 24.7 Å². The molecule has 5 rings (SSSR count). The number of nitrogens with one attached hydrogen (secondary N) is 1. The van der Waals surface area contributed by atoms with Crippen LogP contribution in [0.5, 0.6) is 0 Å². The molecule has 1 N–H and O–H groups in total. The van der Waals surface area contributed by atoms with Gasteiger partial charge in [0.25, 0.3) is 0 Å². The van der Waals surface area contributed by atoms with E-state index in [9.17, 15) is 37.1 Å². The molecule has 16 heteroatoms. The van der Waals surface area contributed by atoms with Gasteiger partial charge in [-0.1, -0.05) is 86.3 Å². The number of esters is 4. The van der Waals surface area contributed by atoms with Crippen LogP contribution in [0.4, 0.5) is 18.0 Å². The molecule has 0 unspecified atom stereocenters. The third kappa shape index (κ3) is 10.3. The van der Waals surface area contributed by atoms with Gasteiger partial charge in [0.05, 0.1) is 11.7 Å². The first kappa shape index (κ1) is 43.1. The molecule has 0 radical (unpaired) electrons. The number of rotatable bonds is 14. The van der Waals surface area contributed by atoms with Crippen molar-refractivity contribution in [1.82, 2.24) is 5.32 Å². The highest BCUT2D eigenvalue weighted by atomic mass is 19.4. The van der Waals surface area contributed by atoms with Crippen molar-refractivity contribution in [2.45, 2.75) is 76.3 Å². The van der Waals surface area contributed by atoms with Gasteiger partial charge in [0.15, 0.2) is 12.2 Å². The molecular weight excluding hydrogens is 765 g/mol. The lowest BCUT2D eigenvalue weighted by Crippen LogP contribution is -2.64. The number of nitrogens with zero attached hydrogens (tertiary/aromatic N) is 1. The van der Waals surface area contributed by atoms with E-state index in [4.69, 9.17) is 28.4 Å². The monoisotopic (exact) mass is 808 g/mol. The number of amides is 1. The number of fused-ring (bicyclic) bond motifs is 3. The maximum absolute atomic E-state index is 14.0. The lowest BCUT2D eigenvalue weighted by atomic mass is 9.83. The van der Waals surface area contributed by atoms with Crippen LogP contribution in [0.1, 0.15) is 55.9 Å². The molecule has 0 aromatic heterocycles. The standard InChI is InChI=1S/C42H43F3N2O11/c1-6-19-53-40(51)35(47-41(52)55-21-32-30-16-10-8-14-28(30)29-15-9-11-17-31(29)32)23(2)37-36(46-20-27-13-7-12-18-33(27)42(43,44)45)39(57-26(5)50)38(56-25(4)49)34(58-37)22-54-24(3)48/h6-18,20,23,32,34-39H,1,19,21-22H2,2-5H3,(H,47,52)/t23-,34-,35+,36+,37-,38-,39-/m1/s1. The topological polar surface area (TPSA) is 165 Å². The molecule has 1 aliphatic heterocycles. The highest BCUT2D eigenvalue weighted by Gasteiger charge is 2.53. The molecular formula is C42H43F3N2O11. The molecule has 7 atom stereocenters. The van der Waals surface area contributed by atoms with Crippen molar-refractivity contribution in [2.24, 2.45) is 10.9 Å². The van der Waals surface area contributed by atoms with Crippen LogP contribution in [-0.4, -0.2) is 92.5 Å². The molecule has 58 heavy (non-hydrogen) atoms. The van der Waals surface area contributed by atoms with Crippen LogP contribution < -0.4 is 5.32 Å². The Kier molecular flexibility index (Phi) is 14.1. The van der Waals surface area contributed by atoms with Crippen LogP contribution in [0.25, 0.3) is 11.1 Å². The number of alkyl halides is 3. The first-order valence-electron chi connectivity index (χ1n) is 18.3. The van der Waals surface area contributed by atoms with Gasteiger partial charge < -0.3 is 33.7 Å². The Labute approximate surface area is 332 Å². The van der Waals surface area contributed by atoms with Gasteiger partial charge in [-0.2, -0.15) is 13.2 Å². The molecule has 2 aliphatic rings. The Bertz CT molecular complexity index is 1990. The van der Waals surface area contributed by atoms with Gasteiger partial charge in [-0.15, -0.1) is 0 Å². The van der Waals surface area contributed by atoms with E-state index in [0.717, 1.165) is 61.4 Å². The first-order valence-corrected chi connectivity index (χ1v) is 18.3. The number of ether oxygens (including phenoxy) is 6. The van der Waals surface area contributed by atoms with Crippen LogP contribution in [-0.2, 0) is 53.8 Å². The summed E-state index contributed by atoms with van der Waals surface area (Å²) >= 11 is 0. The smallest absolute Gasteiger partial charge is 0.417 e. The zero-order valence-corrected chi connectivity index (χ0v) is 32.1. The molecule has 3 aromatic carbocycles. The molecule has 308 valence electrons. The Morgan fingerprint density at radius 3 is 1.98 bits per heavy atom. The summed E-state index contributed by atoms with van der Waals surface area (Å²) in [6.45, 7) is 7.31. The fourth-order valence-corrected chi connectivity index (χ4v) is 7.18. The van der Waals surface area contributed by atoms with E-state index >= 15 is 0 Å². The van der Waals surface area contributed by atoms with E-state index in [2.05, 4.69) is 16.9 Å². The lowest BCUT2D eigenvalue weighted by Gasteiger charge is -2.46. The minimum Gasteiger partial charge on any atom is -0.463 e. The molecule has 1 aliphatic carbocycles. The highest BCUT2D eigenvalue weighted by molar-refractivity contribution is 5.83. The van der Waals surface area contributed by atoms with E-state index in [1.54, 1.807) is 0 Å². The van der Waals surface area contributed by atoms with Crippen molar-refractivity contribution in [2.75, 3.05) is 19.8 Å². The van der Waals surface area contributed by atoms with Crippen molar-refractivity contribution in [1.29, 1.82) is 0 Å². The molecule has 1 heterocycles. The van der Waals surface area contributed by atoms with Crippen molar-refractivity contribution in [3.63, 3.8) is 0 Å². The van der Waals surface area contributed by atoms with Gasteiger partial charge in [0.2, 0.25) is 0 Å². The number of alkyl carbamates (subject to hydrolysis) is 1. The predicted molar refractivity (Wildman–Crippen MR) is 202 cm³/mol. The van der Waals surface area contributed by atoms with Gasteiger partial charge in [0.1, 0.15) is 38.0 Å². The quantitative estimate of drug-likeness (QED) is 0.0885. The fourth-order valence-electron chi connectivity index (χ4n) is 7.18. The third-order valence-electron chi connectivity index (χ3n) is 9.66. The second-order valence-corrected chi connectivity index (χ2v) is 13.7. The number of carbonyl (C=O) groups is 5. The molecule has 0 saturated carbocycles. The second kappa shape index (κ2) is 18.9. The van der Waals surface area contributed by atoms with Crippen LogP contribution >= 0.6 is 0 Å². The summed E-state index contributed by atoms with van der Waals surface area (Å²) in [6, 6.07) is 16.8. The summed E-state index contributed by atoms with van der Waals surface area (Å²) in [6.07, 6.45) is -9.48. The zero-order chi connectivity index (χ0) is 42.1. The SMILES string of the molecule is C=CCOC(=O)[C@@H](NC(=O)OCC1c2ccccc2-c2ccccc21)[C@@H](C)[C@H]1O[C@H](COC(C)=O)[C@@H](OC(C)=O)[C@H](OC(C)=O)[C@H]1N=Cc1ccccc1C(F)(F)F. The van der Waals surface area contributed by atoms with E-state index in [0.29, 0.717) is 0 Å². The maximum atomic E-state index is 14.0. The molecule has 3 aromatic rings. The van der Waals surface area contributed by atoms with Crippen molar-refractivity contribution in [3.8, 4) is 11.1 Å². The molecule has 1 fully saturated rings. The number of benzene rings is 3. The van der Waals surface area contributed by atoms with Gasteiger partial charge in [-0.3, -0.25) is 19.4 Å². The van der Waals surface area contributed by atoms with Crippen molar-refractivity contribution < 1.29 is 65.6 Å². The predicted octanol–water partition coefficient (Wildman–Crippen LogP) is 5.96. The number of aliphatic imine (C=N–C) groups is 1. The van der Waals surface area contributed by atoms with Crippen LogP contribution in [0.15, 0.2) is 90.4 Å². The van der Waals surface area contributed by atoms with E-state index in [1.807, 2.05) is 48.5 Å². The zero-order valence-electron chi connectivity index (χ0n) is 32.1. The molecule has 1 saturated heterocycles. The molecule has 0 spiro atoms. The minimum atomic E-state index is -4.78. The van der Waals surface area contributed by atoms with Crippen molar-refractivity contribution >= 4 is 36.2 Å². The Balaban J connectivity index is 1.52. The first-order chi connectivity index (χ1) is 27.6. The average molecular weight is 809 g/mol. The summed E-state index contributed by atoms with van der Waals surface area (Å²) in [5.74, 6) is -5.00. The van der Waals surface area contributed by atoms with E-state index < -0.39 is 90.7 Å². The summed E-state index contributed by atoms with van der Waals surface area (Å²) in [5.41, 5.74) is 2.45.